The number of rotatable bonds is 5. The summed E-state index contributed by atoms with van der Waals surface area (Å²) in [6, 6.07) is 45.7. The number of benzene rings is 8. The Balaban J connectivity index is 1.33. The average molecular weight is 633 g/mol. The largest absolute Gasteiger partial charge is 0.310 e. The third kappa shape index (κ3) is 4.37. The van der Waals surface area contributed by atoms with Crippen molar-refractivity contribution in [2.24, 2.45) is 0 Å². The number of aromatic nitrogens is 2. The molecule has 0 amide bonds. The molecule has 10 rings (SSSR count). The Labute approximate surface area is 294 Å². The van der Waals surface area contributed by atoms with Crippen LogP contribution in [0.4, 0.5) is 17.1 Å². The van der Waals surface area contributed by atoms with E-state index in [1.807, 2.05) is 102 Å². The van der Waals surface area contributed by atoms with Gasteiger partial charge in [-0.05, 0) is 89.6 Å². The van der Waals surface area contributed by atoms with Crippen molar-refractivity contribution < 1.29 is 9.60 Å². The Bertz CT molecular complexity index is 3210. The molecular formula is C46H31N3. The van der Waals surface area contributed by atoms with Crippen molar-refractivity contribution >= 4 is 71.4 Å². The summed E-state index contributed by atoms with van der Waals surface area (Å²) in [6.45, 7) is 0. The monoisotopic (exact) mass is 632 g/mol. The van der Waals surface area contributed by atoms with E-state index < -0.39 is 12.1 Å². The Hall–Kier alpha value is -6.58. The molecule has 0 radical (unpaired) electrons. The van der Waals surface area contributed by atoms with Crippen LogP contribution in [0.2, 0.25) is 0 Å². The lowest BCUT2D eigenvalue weighted by atomic mass is 10.1. The number of fused-ring (bicyclic) bond motifs is 7. The maximum Gasteiger partial charge on any atom is 0.0667 e. The van der Waals surface area contributed by atoms with Crippen molar-refractivity contribution in [3.63, 3.8) is 0 Å². The number of anilines is 3. The summed E-state index contributed by atoms with van der Waals surface area (Å²) < 4.78 is 68.1. The van der Waals surface area contributed by atoms with E-state index in [0.29, 0.717) is 17.1 Å². The minimum absolute atomic E-state index is 0.0864. The van der Waals surface area contributed by atoms with Gasteiger partial charge in [0.05, 0.1) is 31.7 Å². The summed E-state index contributed by atoms with van der Waals surface area (Å²) in [5.41, 5.74) is 5.39. The van der Waals surface area contributed by atoms with Gasteiger partial charge in [-0.25, -0.2) is 0 Å². The van der Waals surface area contributed by atoms with Crippen LogP contribution in [-0.2, 0) is 0 Å². The smallest absolute Gasteiger partial charge is 0.0667 e. The molecular weight excluding hydrogens is 595 g/mol. The summed E-state index contributed by atoms with van der Waals surface area (Å²) in [6.07, 6.45) is 0. The van der Waals surface area contributed by atoms with Crippen molar-refractivity contribution in [2.45, 2.75) is 0 Å². The van der Waals surface area contributed by atoms with Gasteiger partial charge in [0.1, 0.15) is 0 Å². The standard InChI is InChI=1S/C46H31N3/c1-4-16-34(17-5-1)47(37-24-26-40-39-22-12-13-23-43(39)48(45(40)30-37)35-18-6-2-7-19-35)38-25-27-41-42-28-32-14-10-11-15-33(32)29-44(42)49(46(41)31-38)36-20-8-3-9-21-36/h1-31H/i12D,13D,22D,23D,24D,26D,30D. The summed E-state index contributed by atoms with van der Waals surface area (Å²) in [4.78, 5) is 1.84. The molecule has 0 N–H and O–H groups in total. The van der Waals surface area contributed by atoms with Crippen molar-refractivity contribution in [1.82, 2.24) is 9.13 Å². The molecule has 0 saturated heterocycles. The Morgan fingerprint density at radius 1 is 0.388 bits per heavy atom. The Morgan fingerprint density at radius 2 is 0.980 bits per heavy atom. The van der Waals surface area contributed by atoms with Gasteiger partial charge in [0, 0.05) is 50.0 Å². The highest BCUT2D eigenvalue weighted by Crippen LogP contribution is 2.42. The topological polar surface area (TPSA) is 13.1 Å². The van der Waals surface area contributed by atoms with Crippen LogP contribution in [0.25, 0.3) is 65.8 Å². The first-order chi connectivity index (χ1) is 27.2. The molecule has 10 aromatic rings. The van der Waals surface area contributed by atoms with Gasteiger partial charge in [-0.15, -0.1) is 0 Å². The molecule has 0 spiro atoms. The fourth-order valence-corrected chi connectivity index (χ4v) is 7.12. The number of nitrogens with zero attached hydrogens (tertiary/aromatic N) is 3. The van der Waals surface area contributed by atoms with Crippen LogP contribution in [0.15, 0.2) is 188 Å². The molecule has 0 aliphatic heterocycles. The molecule has 0 bridgehead atoms. The lowest BCUT2D eigenvalue weighted by molar-refractivity contribution is 1.17. The zero-order valence-corrected chi connectivity index (χ0v) is 26.2. The normalized spacial score (nSPS) is 13.7. The van der Waals surface area contributed by atoms with Crippen molar-refractivity contribution in [1.29, 1.82) is 0 Å². The van der Waals surface area contributed by atoms with E-state index in [0.717, 1.165) is 38.3 Å². The molecule has 0 aliphatic rings. The van der Waals surface area contributed by atoms with Gasteiger partial charge in [-0.1, -0.05) is 109 Å². The summed E-state index contributed by atoms with van der Waals surface area (Å²) in [7, 11) is 0. The third-order valence-electron chi connectivity index (χ3n) is 9.29. The SMILES string of the molecule is [2H]c1c([2H])c([2H])c2c(c1[2H])c1c([2H])c([2H])c(N(c3ccccc3)c3ccc4c5cc6ccccc6cc5n(-c5ccccc5)c4c3)c([2H])c1n2-c1ccccc1. The second-order valence-electron chi connectivity index (χ2n) is 12.1. The summed E-state index contributed by atoms with van der Waals surface area (Å²) in [5, 5.41) is 4.62. The first kappa shape index (κ1) is 21.3. The van der Waals surface area contributed by atoms with E-state index in [-0.39, 0.29) is 57.7 Å². The molecule has 2 aromatic heterocycles. The van der Waals surface area contributed by atoms with Gasteiger partial charge in [-0.3, -0.25) is 0 Å². The quantitative estimate of drug-likeness (QED) is 0.184. The fraction of sp³-hybridized carbons (Fsp3) is 0. The zero-order chi connectivity index (χ0) is 38.4. The molecule has 3 nitrogen and oxygen atoms in total. The Kier molecular flexibility index (Phi) is 4.79. The lowest BCUT2D eigenvalue weighted by Crippen LogP contribution is -2.10. The van der Waals surface area contributed by atoms with Gasteiger partial charge in [0.25, 0.3) is 0 Å². The van der Waals surface area contributed by atoms with E-state index in [1.165, 1.54) is 0 Å². The second kappa shape index (κ2) is 11.0. The van der Waals surface area contributed by atoms with Crippen LogP contribution in [0, 0.1) is 0 Å². The van der Waals surface area contributed by atoms with E-state index in [4.69, 9.17) is 5.48 Å². The first-order valence-electron chi connectivity index (χ1n) is 19.7. The predicted molar refractivity (Wildman–Crippen MR) is 207 cm³/mol. The number of hydrogen-bond acceptors (Lipinski definition) is 1. The number of hydrogen-bond donors (Lipinski definition) is 0. The molecule has 0 aliphatic carbocycles. The maximum atomic E-state index is 10.00. The lowest BCUT2D eigenvalue weighted by Gasteiger charge is -2.26. The van der Waals surface area contributed by atoms with Crippen molar-refractivity contribution in [3.8, 4) is 11.4 Å². The Morgan fingerprint density at radius 3 is 1.71 bits per heavy atom. The van der Waals surface area contributed by atoms with Crippen LogP contribution in [0.5, 0.6) is 0 Å². The minimum Gasteiger partial charge on any atom is -0.310 e. The highest BCUT2D eigenvalue weighted by molar-refractivity contribution is 6.15. The van der Waals surface area contributed by atoms with E-state index in [9.17, 15) is 4.11 Å². The molecule has 0 saturated carbocycles. The molecule has 0 fully saturated rings. The van der Waals surface area contributed by atoms with E-state index in [2.05, 4.69) is 53.1 Å². The van der Waals surface area contributed by atoms with Gasteiger partial charge in [0.15, 0.2) is 0 Å². The zero-order valence-electron chi connectivity index (χ0n) is 33.2. The van der Waals surface area contributed by atoms with Crippen molar-refractivity contribution in [3.05, 3.63) is 188 Å². The molecule has 2 heterocycles. The summed E-state index contributed by atoms with van der Waals surface area (Å²) >= 11 is 0. The van der Waals surface area contributed by atoms with Gasteiger partial charge < -0.3 is 14.0 Å². The van der Waals surface area contributed by atoms with E-state index in [1.54, 1.807) is 4.57 Å². The van der Waals surface area contributed by atoms with Crippen LogP contribution in [0.1, 0.15) is 9.60 Å². The van der Waals surface area contributed by atoms with Crippen LogP contribution < -0.4 is 4.90 Å². The fourth-order valence-electron chi connectivity index (χ4n) is 7.12. The maximum absolute atomic E-state index is 10.00. The average Bonchev–Trinajstić information content (AvgIpc) is 3.76. The molecule has 8 aromatic carbocycles. The molecule has 0 unspecified atom stereocenters. The molecule has 3 heteroatoms. The first-order valence-corrected chi connectivity index (χ1v) is 16.2. The summed E-state index contributed by atoms with van der Waals surface area (Å²) in [5.74, 6) is 0. The van der Waals surface area contributed by atoms with Gasteiger partial charge in [0.2, 0.25) is 0 Å². The predicted octanol–water partition coefficient (Wildman–Crippen LogP) is 12.5. The molecule has 230 valence electrons. The highest BCUT2D eigenvalue weighted by Gasteiger charge is 2.20. The van der Waals surface area contributed by atoms with E-state index >= 15 is 0 Å². The second-order valence-corrected chi connectivity index (χ2v) is 12.1. The number of para-hydroxylation sites is 4. The van der Waals surface area contributed by atoms with Crippen LogP contribution >= 0.6 is 0 Å². The van der Waals surface area contributed by atoms with Crippen LogP contribution in [0.3, 0.4) is 0 Å². The minimum atomic E-state index is -0.433. The third-order valence-corrected chi connectivity index (χ3v) is 9.29. The van der Waals surface area contributed by atoms with Crippen molar-refractivity contribution in [2.75, 3.05) is 4.90 Å². The van der Waals surface area contributed by atoms with Crippen LogP contribution in [-0.4, -0.2) is 9.13 Å². The van der Waals surface area contributed by atoms with Gasteiger partial charge >= 0.3 is 0 Å². The molecule has 49 heavy (non-hydrogen) atoms. The highest BCUT2D eigenvalue weighted by atomic mass is 15.1. The van der Waals surface area contributed by atoms with Gasteiger partial charge in [-0.2, -0.15) is 0 Å². The molecule has 0 atom stereocenters.